The first-order valence-corrected chi connectivity index (χ1v) is 9.31. The van der Waals surface area contributed by atoms with Gasteiger partial charge in [-0.2, -0.15) is 4.33 Å². The van der Waals surface area contributed by atoms with E-state index in [2.05, 4.69) is 20.8 Å². The summed E-state index contributed by atoms with van der Waals surface area (Å²) in [5.41, 5.74) is 4.18. The zero-order valence-electron chi connectivity index (χ0n) is 14.5. The number of cyclic esters (lactones) is 1. The molecule has 0 atom stereocenters. The van der Waals surface area contributed by atoms with Gasteiger partial charge in [-0.15, -0.1) is 0 Å². The minimum atomic E-state index is -0.323. The van der Waals surface area contributed by atoms with Crippen LogP contribution in [0.3, 0.4) is 0 Å². The molecule has 0 unspecified atom stereocenters. The van der Waals surface area contributed by atoms with Crippen molar-refractivity contribution >= 4 is 45.1 Å². The fraction of sp³-hybridized carbons (Fsp3) is 0.211. The fourth-order valence-corrected chi connectivity index (χ4v) is 3.74. The van der Waals surface area contributed by atoms with E-state index in [9.17, 15) is 4.79 Å². The maximum atomic E-state index is 12.4. The Morgan fingerprint density at radius 1 is 1.12 bits per heavy atom. The molecule has 0 saturated carbocycles. The summed E-state index contributed by atoms with van der Waals surface area (Å²) in [5, 5.41) is 0. The van der Waals surface area contributed by atoms with Crippen LogP contribution < -0.4 is 4.74 Å². The Kier molecular flexibility index (Phi) is 6.03. The molecule has 0 amide bonds. The molecule has 1 heterocycles. The number of carbonyl (C=O) groups is 1. The molecule has 2 aromatic rings. The molecular formula is C19H17BrO5S. The third-order valence-electron chi connectivity index (χ3n) is 4.01. The summed E-state index contributed by atoms with van der Waals surface area (Å²) in [5.74, 6) is 0.383. The molecule has 0 spiro atoms. The average molecular weight is 437 g/mol. The molecular weight excluding hydrogens is 420 g/mol. The molecule has 5 nitrogen and oxygen atoms in total. The normalized spacial score (nSPS) is 13.9. The molecule has 26 heavy (non-hydrogen) atoms. The SMILES string of the molecule is COOSc1ccc(C2=C(c3ccc(OC)c(Br)c3)C(=O)OC2)cc1C. The van der Waals surface area contributed by atoms with Crippen LogP contribution in [0.5, 0.6) is 5.75 Å². The van der Waals surface area contributed by atoms with Gasteiger partial charge in [0.1, 0.15) is 12.4 Å². The maximum Gasteiger partial charge on any atom is 0.339 e. The van der Waals surface area contributed by atoms with Gasteiger partial charge in [-0.25, -0.2) is 9.68 Å². The molecule has 0 saturated heterocycles. The topological polar surface area (TPSA) is 54.0 Å². The van der Waals surface area contributed by atoms with Gasteiger partial charge in [0.15, 0.2) is 0 Å². The smallest absolute Gasteiger partial charge is 0.339 e. The predicted octanol–water partition coefficient (Wildman–Crippen LogP) is 4.82. The van der Waals surface area contributed by atoms with Crippen LogP contribution in [0, 0.1) is 6.92 Å². The predicted molar refractivity (Wildman–Crippen MR) is 104 cm³/mol. The second kappa shape index (κ2) is 8.26. The minimum absolute atomic E-state index is 0.248. The third kappa shape index (κ3) is 3.81. The maximum absolute atomic E-state index is 12.4. The number of halogens is 1. The summed E-state index contributed by atoms with van der Waals surface area (Å²) >= 11 is 4.61. The van der Waals surface area contributed by atoms with Crippen molar-refractivity contribution in [3.8, 4) is 5.75 Å². The monoisotopic (exact) mass is 436 g/mol. The molecule has 0 radical (unpaired) electrons. The van der Waals surface area contributed by atoms with E-state index in [1.54, 1.807) is 7.11 Å². The van der Waals surface area contributed by atoms with Crippen molar-refractivity contribution in [3.63, 3.8) is 0 Å². The first-order chi connectivity index (χ1) is 12.5. The highest BCUT2D eigenvalue weighted by Crippen LogP contribution is 2.37. The molecule has 3 rings (SSSR count). The summed E-state index contributed by atoms with van der Waals surface area (Å²) in [7, 11) is 3.06. The summed E-state index contributed by atoms with van der Waals surface area (Å²) in [6.45, 7) is 2.23. The zero-order valence-corrected chi connectivity index (χ0v) is 16.9. The highest BCUT2D eigenvalue weighted by atomic mass is 79.9. The van der Waals surface area contributed by atoms with E-state index >= 15 is 0 Å². The van der Waals surface area contributed by atoms with Gasteiger partial charge < -0.3 is 9.47 Å². The number of esters is 1. The van der Waals surface area contributed by atoms with E-state index in [1.807, 2.05) is 43.3 Å². The molecule has 0 aromatic heterocycles. The second-order valence-corrected chi connectivity index (χ2v) is 7.17. The highest BCUT2D eigenvalue weighted by Gasteiger charge is 2.28. The molecule has 1 aliphatic heterocycles. The Morgan fingerprint density at radius 3 is 2.54 bits per heavy atom. The lowest BCUT2D eigenvalue weighted by Crippen LogP contribution is -1.99. The molecule has 7 heteroatoms. The van der Waals surface area contributed by atoms with Gasteiger partial charge in [-0.05, 0) is 57.7 Å². The Labute approximate surface area is 164 Å². The van der Waals surface area contributed by atoms with Gasteiger partial charge in [0.2, 0.25) is 0 Å². The molecule has 136 valence electrons. The van der Waals surface area contributed by atoms with Gasteiger partial charge in [-0.1, -0.05) is 18.2 Å². The van der Waals surface area contributed by atoms with Crippen molar-refractivity contribution in [1.82, 2.24) is 0 Å². The van der Waals surface area contributed by atoms with Crippen LogP contribution in [0.4, 0.5) is 0 Å². The van der Waals surface area contributed by atoms with E-state index in [0.29, 0.717) is 11.3 Å². The van der Waals surface area contributed by atoms with Gasteiger partial charge in [0, 0.05) is 10.5 Å². The zero-order chi connectivity index (χ0) is 18.7. The Balaban J connectivity index is 2.02. The Morgan fingerprint density at radius 2 is 1.88 bits per heavy atom. The van der Waals surface area contributed by atoms with Crippen LogP contribution in [0.1, 0.15) is 16.7 Å². The summed E-state index contributed by atoms with van der Waals surface area (Å²) < 4.78 is 16.3. The quantitative estimate of drug-likeness (QED) is 0.280. The molecule has 0 aliphatic carbocycles. The van der Waals surface area contributed by atoms with Crippen LogP contribution in [-0.4, -0.2) is 26.8 Å². The van der Waals surface area contributed by atoms with E-state index < -0.39 is 0 Å². The number of carbonyl (C=O) groups excluding carboxylic acids is 1. The van der Waals surface area contributed by atoms with E-state index in [-0.39, 0.29) is 12.6 Å². The lowest BCUT2D eigenvalue weighted by molar-refractivity contribution is -0.160. The number of rotatable bonds is 6. The number of hydrogen-bond donors (Lipinski definition) is 0. The van der Waals surface area contributed by atoms with Crippen LogP contribution in [0.2, 0.25) is 0 Å². The summed E-state index contributed by atoms with van der Waals surface area (Å²) in [4.78, 5) is 17.9. The van der Waals surface area contributed by atoms with Crippen LogP contribution in [-0.2, 0) is 18.8 Å². The molecule has 0 fully saturated rings. The number of ether oxygens (including phenoxy) is 2. The number of methoxy groups -OCH3 is 1. The molecule has 0 N–H and O–H groups in total. The third-order valence-corrected chi connectivity index (χ3v) is 5.47. The van der Waals surface area contributed by atoms with E-state index in [1.165, 1.54) is 7.11 Å². The standard InChI is InChI=1S/C19H17BrO5S/c1-11-8-12(5-7-17(11)26-25-23-3)14-10-24-19(21)18(14)13-4-6-16(22-2)15(20)9-13/h4-9H,10H2,1-3H3. The number of benzene rings is 2. The van der Waals surface area contributed by atoms with Crippen LogP contribution >= 0.6 is 28.0 Å². The summed E-state index contributed by atoms with van der Waals surface area (Å²) in [6.07, 6.45) is 0. The Bertz CT molecular complexity index is 878. The number of aryl methyl sites for hydroxylation is 1. The first-order valence-electron chi connectivity index (χ1n) is 7.77. The fourth-order valence-electron chi connectivity index (χ4n) is 2.75. The van der Waals surface area contributed by atoms with Crippen molar-refractivity contribution in [1.29, 1.82) is 0 Å². The van der Waals surface area contributed by atoms with Crippen molar-refractivity contribution in [2.24, 2.45) is 0 Å². The highest BCUT2D eigenvalue weighted by molar-refractivity contribution is 9.10. The molecule has 2 aromatic carbocycles. The van der Waals surface area contributed by atoms with Gasteiger partial charge in [0.25, 0.3) is 0 Å². The van der Waals surface area contributed by atoms with Gasteiger partial charge in [-0.3, -0.25) is 0 Å². The van der Waals surface area contributed by atoms with E-state index in [0.717, 1.165) is 43.7 Å². The van der Waals surface area contributed by atoms with Gasteiger partial charge in [0.05, 0.1) is 36.3 Å². The van der Waals surface area contributed by atoms with Crippen molar-refractivity contribution < 1.29 is 23.5 Å². The molecule has 0 bridgehead atoms. The average Bonchev–Trinajstić information content (AvgIpc) is 3.02. The van der Waals surface area contributed by atoms with Gasteiger partial charge >= 0.3 is 5.97 Å². The van der Waals surface area contributed by atoms with Crippen LogP contribution in [0.25, 0.3) is 11.1 Å². The van der Waals surface area contributed by atoms with Crippen molar-refractivity contribution in [2.75, 3.05) is 20.8 Å². The molecule has 1 aliphatic rings. The minimum Gasteiger partial charge on any atom is -0.496 e. The Hall–Kier alpha value is -1.80. The van der Waals surface area contributed by atoms with Crippen LogP contribution in [0.15, 0.2) is 45.8 Å². The summed E-state index contributed by atoms with van der Waals surface area (Å²) in [6, 6.07) is 11.4. The lowest BCUT2D eigenvalue weighted by Gasteiger charge is -2.10. The largest absolute Gasteiger partial charge is 0.496 e. The van der Waals surface area contributed by atoms with Crippen molar-refractivity contribution in [3.05, 3.63) is 57.6 Å². The van der Waals surface area contributed by atoms with E-state index in [4.69, 9.17) is 13.8 Å². The lowest BCUT2D eigenvalue weighted by atomic mass is 9.96. The van der Waals surface area contributed by atoms with Crippen molar-refractivity contribution in [2.45, 2.75) is 11.8 Å². The number of hydrogen-bond acceptors (Lipinski definition) is 6. The second-order valence-electron chi connectivity index (χ2n) is 5.58. The first kappa shape index (κ1) is 19.0.